The standard InChI is InChI=1S/C20H17FN6O3/c1-29-18-10-7-14(20(23-18)30-2)19(28)22-11-17-25-24-16-9-8-15(26-27(16)17)12-3-5-13(21)6-4-12/h3-10H,11H2,1-2H3,(H,22,28). The molecule has 1 N–H and O–H groups in total. The molecule has 0 unspecified atom stereocenters. The van der Waals surface area contributed by atoms with Crippen LogP contribution in [0, 0.1) is 5.82 Å². The van der Waals surface area contributed by atoms with E-state index in [0.717, 1.165) is 5.56 Å². The summed E-state index contributed by atoms with van der Waals surface area (Å²) in [5, 5.41) is 15.4. The van der Waals surface area contributed by atoms with Crippen molar-refractivity contribution in [2.24, 2.45) is 0 Å². The lowest BCUT2D eigenvalue weighted by Crippen LogP contribution is -2.25. The molecular weight excluding hydrogens is 391 g/mol. The van der Waals surface area contributed by atoms with Crippen LogP contribution in [0.2, 0.25) is 0 Å². The van der Waals surface area contributed by atoms with Crippen molar-refractivity contribution in [1.82, 2.24) is 30.1 Å². The van der Waals surface area contributed by atoms with Gasteiger partial charge in [0.2, 0.25) is 11.8 Å². The second kappa shape index (κ2) is 8.11. The number of carbonyl (C=O) groups is 1. The van der Waals surface area contributed by atoms with Crippen molar-refractivity contribution in [3.05, 3.63) is 65.7 Å². The van der Waals surface area contributed by atoms with Gasteiger partial charge in [0.05, 0.1) is 26.5 Å². The van der Waals surface area contributed by atoms with Gasteiger partial charge in [-0.3, -0.25) is 4.79 Å². The fraction of sp³-hybridized carbons (Fsp3) is 0.150. The minimum Gasteiger partial charge on any atom is -0.481 e. The van der Waals surface area contributed by atoms with Gasteiger partial charge in [-0.15, -0.1) is 10.2 Å². The van der Waals surface area contributed by atoms with Gasteiger partial charge in [-0.1, -0.05) is 0 Å². The minimum atomic E-state index is -0.395. The van der Waals surface area contributed by atoms with E-state index in [1.54, 1.807) is 36.4 Å². The number of carbonyl (C=O) groups excluding carboxylic acids is 1. The van der Waals surface area contributed by atoms with E-state index >= 15 is 0 Å². The zero-order valence-corrected chi connectivity index (χ0v) is 16.2. The van der Waals surface area contributed by atoms with Crippen LogP contribution < -0.4 is 14.8 Å². The molecule has 30 heavy (non-hydrogen) atoms. The summed E-state index contributed by atoms with van der Waals surface area (Å²) in [6, 6.07) is 12.7. The molecule has 4 aromatic rings. The van der Waals surface area contributed by atoms with Gasteiger partial charge in [0.1, 0.15) is 11.4 Å². The van der Waals surface area contributed by atoms with Crippen LogP contribution in [0.4, 0.5) is 4.39 Å². The molecule has 3 heterocycles. The Morgan fingerprint density at radius 3 is 2.57 bits per heavy atom. The van der Waals surface area contributed by atoms with Crippen molar-refractivity contribution in [3.63, 3.8) is 0 Å². The van der Waals surface area contributed by atoms with E-state index < -0.39 is 5.91 Å². The Kier molecular flexibility index (Phi) is 5.21. The number of nitrogens with zero attached hydrogens (tertiary/aromatic N) is 5. The maximum Gasteiger partial charge on any atom is 0.257 e. The third-order valence-corrected chi connectivity index (χ3v) is 4.36. The van der Waals surface area contributed by atoms with Crippen molar-refractivity contribution >= 4 is 11.6 Å². The van der Waals surface area contributed by atoms with E-state index in [2.05, 4.69) is 25.6 Å². The number of nitrogens with one attached hydrogen (secondary N) is 1. The summed E-state index contributed by atoms with van der Waals surface area (Å²) in [6.45, 7) is 0.0784. The van der Waals surface area contributed by atoms with Gasteiger partial charge in [0.15, 0.2) is 11.5 Å². The molecule has 0 aliphatic carbocycles. The Labute approximate surface area is 170 Å². The quantitative estimate of drug-likeness (QED) is 0.522. The number of benzene rings is 1. The zero-order chi connectivity index (χ0) is 21.1. The predicted molar refractivity (Wildman–Crippen MR) is 105 cm³/mol. The summed E-state index contributed by atoms with van der Waals surface area (Å²) in [5.74, 6) is 0.200. The molecule has 1 aromatic carbocycles. The Morgan fingerprint density at radius 1 is 1.03 bits per heavy atom. The average Bonchev–Trinajstić information content (AvgIpc) is 3.19. The van der Waals surface area contributed by atoms with E-state index in [0.29, 0.717) is 23.0 Å². The van der Waals surface area contributed by atoms with Gasteiger partial charge in [0.25, 0.3) is 5.91 Å². The van der Waals surface area contributed by atoms with Crippen LogP contribution in [0.25, 0.3) is 16.9 Å². The van der Waals surface area contributed by atoms with Crippen molar-refractivity contribution < 1.29 is 18.7 Å². The number of pyridine rings is 1. The highest BCUT2D eigenvalue weighted by atomic mass is 19.1. The molecule has 1 amide bonds. The van der Waals surface area contributed by atoms with Gasteiger partial charge >= 0.3 is 0 Å². The van der Waals surface area contributed by atoms with E-state index in [1.165, 1.54) is 30.9 Å². The molecule has 0 fully saturated rings. The van der Waals surface area contributed by atoms with Crippen molar-refractivity contribution in [3.8, 4) is 23.0 Å². The fourth-order valence-electron chi connectivity index (χ4n) is 2.84. The largest absolute Gasteiger partial charge is 0.481 e. The highest BCUT2D eigenvalue weighted by Crippen LogP contribution is 2.20. The lowest BCUT2D eigenvalue weighted by atomic mass is 10.1. The van der Waals surface area contributed by atoms with Crippen LogP contribution in [0.15, 0.2) is 48.5 Å². The highest BCUT2D eigenvalue weighted by molar-refractivity contribution is 5.96. The molecule has 152 valence electrons. The third kappa shape index (κ3) is 3.75. The average molecular weight is 408 g/mol. The van der Waals surface area contributed by atoms with E-state index in [9.17, 15) is 9.18 Å². The van der Waals surface area contributed by atoms with E-state index in [-0.39, 0.29) is 23.8 Å². The summed E-state index contributed by atoms with van der Waals surface area (Å²) in [5.41, 5.74) is 2.15. The SMILES string of the molecule is COc1ccc(C(=O)NCc2nnc3ccc(-c4ccc(F)cc4)nn23)c(OC)n1. The molecule has 0 saturated carbocycles. The Hall–Kier alpha value is -4.08. The van der Waals surface area contributed by atoms with Crippen LogP contribution >= 0.6 is 0 Å². The number of methoxy groups -OCH3 is 2. The second-order valence-electron chi connectivity index (χ2n) is 6.20. The van der Waals surface area contributed by atoms with E-state index in [1.807, 2.05) is 0 Å². The molecule has 3 aromatic heterocycles. The van der Waals surface area contributed by atoms with Gasteiger partial charge in [-0.05, 0) is 42.5 Å². The second-order valence-corrected chi connectivity index (χ2v) is 6.20. The van der Waals surface area contributed by atoms with Crippen LogP contribution in [-0.4, -0.2) is 44.9 Å². The fourth-order valence-corrected chi connectivity index (χ4v) is 2.84. The molecule has 4 rings (SSSR count). The highest BCUT2D eigenvalue weighted by Gasteiger charge is 2.16. The minimum absolute atomic E-state index is 0.0784. The molecule has 0 spiro atoms. The van der Waals surface area contributed by atoms with Gasteiger partial charge in [0, 0.05) is 11.6 Å². The number of ether oxygens (including phenoxy) is 2. The summed E-state index contributed by atoms with van der Waals surface area (Å²) in [6.07, 6.45) is 0. The summed E-state index contributed by atoms with van der Waals surface area (Å²) < 4.78 is 24.9. The Morgan fingerprint density at radius 2 is 1.83 bits per heavy atom. The van der Waals surface area contributed by atoms with Crippen LogP contribution in [0.5, 0.6) is 11.8 Å². The summed E-state index contributed by atoms with van der Waals surface area (Å²) >= 11 is 0. The smallest absolute Gasteiger partial charge is 0.257 e. The van der Waals surface area contributed by atoms with Gasteiger partial charge in [-0.2, -0.15) is 14.6 Å². The first-order valence-corrected chi connectivity index (χ1v) is 8.93. The predicted octanol–water partition coefficient (Wildman–Crippen LogP) is 2.27. The first-order valence-electron chi connectivity index (χ1n) is 8.93. The van der Waals surface area contributed by atoms with Gasteiger partial charge in [-0.25, -0.2) is 4.39 Å². The molecule has 10 heteroatoms. The van der Waals surface area contributed by atoms with E-state index in [4.69, 9.17) is 9.47 Å². The molecule has 0 aliphatic heterocycles. The van der Waals surface area contributed by atoms with Crippen LogP contribution in [0.1, 0.15) is 16.2 Å². The lowest BCUT2D eigenvalue weighted by Gasteiger charge is -2.09. The number of hydrogen-bond donors (Lipinski definition) is 1. The number of rotatable bonds is 6. The number of fused-ring (bicyclic) bond motifs is 1. The molecule has 0 bridgehead atoms. The number of halogens is 1. The number of hydrogen-bond acceptors (Lipinski definition) is 7. The van der Waals surface area contributed by atoms with Crippen molar-refractivity contribution in [2.75, 3.05) is 14.2 Å². The van der Waals surface area contributed by atoms with Gasteiger partial charge < -0.3 is 14.8 Å². The topological polar surface area (TPSA) is 104 Å². The normalized spacial score (nSPS) is 10.8. The molecule has 0 aliphatic rings. The molecule has 0 radical (unpaired) electrons. The molecule has 0 saturated heterocycles. The van der Waals surface area contributed by atoms with Crippen molar-refractivity contribution in [1.29, 1.82) is 0 Å². The van der Waals surface area contributed by atoms with Crippen LogP contribution in [-0.2, 0) is 6.54 Å². The molecule has 0 atom stereocenters. The van der Waals surface area contributed by atoms with Crippen molar-refractivity contribution in [2.45, 2.75) is 6.54 Å². The Balaban J connectivity index is 1.56. The van der Waals surface area contributed by atoms with Crippen LogP contribution in [0.3, 0.4) is 0 Å². The number of aromatic nitrogens is 5. The maximum absolute atomic E-state index is 13.2. The zero-order valence-electron chi connectivity index (χ0n) is 16.2. The molecular formula is C20H17FN6O3. The summed E-state index contributed by atoms with van der Waals surface area (Å²) in [7, 11) is 2.90. The summed E-state index contributed by atoms with van der Waals surface area (Å²) in [4.78, 5) is 16.7. The third-order valence-electron chi connectivity index (χ3n) is 4.36. The lowest BCUT2D eigenvalue weighted by molar-refractivity contribution is 0.0945. The molecule has 9 nitrogen and oxygen atoms in total. The monoisotopic (exact) mass is 408 g/mol. The maximum atomic E-state index is 13.2. The first-order chi connectivity index (χ1) is 14.6. The number of amides is 1. The first kappa shape index (κ1) is 19.2. The Bertz CT molecular complexity index is 1210.